The summed E-state index contributed by atoms with van der Waals surface area (Å²) in [6.07, 6.45) is 6.10. The van der Waals surface area contributed by atoms with Crippen molar-refractivity contribution in [3.63, 3.8) is 0 Å². The van der Waals surface area contributed by atoms with Crippen molar-refractivity contribution >= 4 is 5.91 Å². The third-order valence-electron chi connectivity index (χ3n) is 6.72. The molecule has 4 rings (SSSR count). The largest absolute Gasteiger partial charge is 0.381 e. The Morgan fingerprint density at radius 3 is 2.70 bits per heavy atom. The van der Waals surface area contributed by atoms with Crippen LogP contribution >= 0.6 is 0 Å². The van der Waals surface area contributed by atoms with Gasteiger partial charge in [0.05, 0.1) is 5.69 Å². The van der Waals surface area contributed by atoms with Crippen molar-refractivity contribution in [3.8, 4) is 0 Å². The molecule has 4 heterocycles. The summed E-state index contributed by atoms with van der Waals surface area (Å²) >= 11 is 0. The van der Waals surface area contributed by atoms with Crippen LogP contribution in [0.2, 0.25) is 0 Å². The van der Waals surface area contributed by atoms with Crippen molar-refractivity contribution in [1.29, 1.82) is 0 Å². The molecule has 1 atom stereocenters. The number of carbonyl (C=O) groups is 1. The Kier molecular flexibility index (Phi) is 6.51. The standard InChI is InChI=1S/C22H33N5O3/c1-15-19(16(2)26(3)24-15)5-7-21(28)27-11-8-17(14-27)4-6-20-23-22(30-25-20)18-9-12-29-13-10-18/h17-18H,4-14H2,1-3H3. The number of ether oxygens (including phenoxy) is 1. The minimum atomic E-state index is 0.251. The Balaban J connectivity index is 1.21. The van der Waals surface area contributed by atoms with Crippen molar-refractivity contribution in [1.82, 2.24) is 24.8 Å². The van der Waals surface area contributed by atoms with Crippen molar-refractivity contribution in [2.24, 2.45) is 13.0 Å². The number of likely N-dealkylation sites (tertiary alicyclic amines) is 1. The van der Waals surface area contributed by atoms with Crippen molar-refractivity contribution in [2.75, 3.05) is 26.3 Å². The van der Waals surface area contributed by atoms with E-state index < -0.39 is 0 Å². The van der Waals surface area contributed by atoms with Gasteiger partial charge in [0.25, 0.3) is 0 Å². The molecule has 0 saturated carbocycles. The van der Waals surface area contributed by atoms with Gasteiger partial charge in [0, 0.05) is 57.8 Å². The second-order valence-corrected chi connectivity index (χ2v) is 8.74. The lowest BCUT2D eigenvalue weighted by molar-refractivity contribution is -0.130. The van der Waals surface area contributed by atoms with E-state index in [9.17, 15) is 4.79 Å². The number of nitrogens with zero attached hydrogens (tertiary/aromatic N) is 5. The molecular formula is C22H33N5O3. The van der Waals surface area contributed by atoms with Crippen LogP contribution in [0.5, 0.6) is 0 Å². The lowest BCUT2D eigenvalue weighted by Crippen LogP contribution is -2.29. The molecule has 164 valence electrons. The summed E-state index contributed by atoms with van der Waals surface area (Å²) < 4.78 is 12.8. The zero-order chi connectivity index (χ0) is 21.1. The van der Waals surface area contributed by atoms with E-state index in [1.807, 2.05) is 23.6 Å². The van der Waals surface area contributed by atoms with Crippen LogP contribution in [0, 0.1) is 19.8 Å². The average Bonchev–Trinajstić information content (AvgIpc) is 3.47. The van der Waals surface area contributed by atoms with Crippen LogP contribution in [-0.2, 0) is 29.4 Å². The van der Waals surface area contributed by atoms with E-state index in [-0.39, 0.29) is 5.91 Å². The molecule has 2 fully saturated rings. The van der Waals surface area contributed by atoms with Gasteiger partial charge in [-0.3, -0.25) is 9.48 Å². The molecular weight excluding hydrogens is 382 g/mol. The second-order valence-electron chi connectivity index (χ2n) is 8.74. The average molecular weight is 416 g/mol. The fraction of sp³-hybridized carbons (Fsp3) is 0.727. The molecule has 30 heavy (non-hydrogen) atoms. The van der Waals surface area contributed by atoms with Gasteiger partial charge in [-0.15, -0.1) is 0 Å². The first kappa shape index (κ1) is 21.0. The number of hydrogen-bond donors (Lipinski definition) is 0. The number of amides is 1. The van der Waals surface area contributed by atoms with Gasteiger partial charge < -0.3 is 14.2 Å². The first-order chi connectivity index (χ1) is 14.5. The summed E-state index contributed by atoms with van der Waals surface area (Å²) in [5.41, 5.74) is 3.39. The molecule has 0 radical (unpaired) electrons. The van der Waals surface area contributed by atoms with Crippen LogP contribution in [0.15, 0.2) is 4.52 Å². The second kappa shape index (κ2) is 9.29. The van der Waals surface area contributed by atoms with Crippen LogP contribution in [0.4, 0.5) is 0 Å². The number of hydrogen-bond acceptors (Lipinski definition) is 6. The van der Waals surface area contributed by atoms with E-state index >= 15 is 0 Å². The van der Waals surface area contributed by atoms with Crippen LogP contribution in [0.1, 0.15) is 66.7 Å². The van der Waals surface area contributed by atoms with Crippen LogP contribution in [0.3, 0.4) is 0 Å². The topological polar surface area (TPSA) is 86.3 Å². The predicted molar refractivity (Wildman–Crippen MR) is 111 cm³/mol. The maximum atomic E-state index is 12.7. The van der Waals surface area contributed by atoms with Gasteiger partial charge in [-0.25, -0.2) is 0 Å². The Morgan fingerprint density at radius 1 is 1.17 bits per heavy atom. The van der Waals surface area contributed by atoms with Gasteiger partial charge in [0.1, 0.15) is 0 Å². The zero-order valence-electron chi connectivity index (χ0n) is 18.4. The highest BCUT2D eigenvalue weighted by atomic mass is 16.5. The normalized spacial score (nSPS) is 20.2. The van der Waals surface area contributed by atoms with E-state index in [0.29, 0.717) is 18.3 Å². The molecule has 0 N–H and O–H groups in total. The molecule has 0 spiro atoms. The first-order valence-corrected chi connectivity index (χ1v) is 11.2. The summed E-state index contributed by atoms with van der Waals surface area (Å²) in [5.74, 6) is 2.66. The molecule has 1 amide bonds. The molecule has 8 heteroatoms. The Hall–Kier alpha value is -2.22. The lowest BCUT2D eigenvalue weighted by atomic mass is 10.0. The van der Waals surface area contributed by atoms with E-state index in [1.165, 1.54) is 5.56 Å². The molecule has 2 saturated heterocycles. The van der Waals surface area contributed by atoms with Gasteiger partial charge in [0.2, 0.25) is 11.8 Å². The molecule has 2 aliphatic heterocycles. The van der Waals surface area contributed by atoms with Gasteiger partial charge in [0.15, 0.2) is 5.82 Å². The van der Waals surface area contributed by atoms with Crippen molar-refractivity contribution in [2.45, 2.75) is 64.7 Å². The van der Waals surface area contributed by atoms with Crippen molar-refractivity contribution in [3.05, 3.63) is 28.7 Å². The highest BCUT2D eigenvalue weighted by Gasteiger charge is 2.27. The Labute approximate surface area is 178 Å². The number of rotatable bonds is 7. The molecule has 2 aromatic rings. The predicted octanol–water partition coefficient (Wildman–Crippen LogP) is 2.73. The number of aromatic nitrogens is 4. The summed E-state index contributed by atoms with van der Waals surface area (Å²) in [4.78, 5) is 19.3. The number of aryl methyl sites for hydroxylation is 3. The lowest BCUT2D eigenvalue weighted by Gasteiger charge is -2.18. The smallest absolute Gasteiger partial charge is 0.229 e. The van der Waals surface area contributed by atoms with E-state index in [0.717, 1.165) is 87.9 Å². The summed E-state index contributed by atoms with van der Waals surface area (Å²) in [6, 6.07) is 0. The third kappa shape index (κ3) is 4.74. The van der Waals surface area contributed by atoms with Gasteiger partial charge in [-0.1, -0.05) is 5.16 Å². The SMILES string of the molecule is Cc1nn(C)c(C)c1CCC(=O)N1CCC(CCc2noc(C3CCOCC3)n2)C1. The molecule has 1 unspecified atom stereocenters. The zero-order valence-corrected chi connectivity index (χ0v) is 18.4. The fourth-order valence-electron chi connectivity index (χ4n) is 4.68. The quantitative estimate of drug-likeness (QED) is 0.691. The summed E-state index contributed by atoms with van der Waals surface area (Å²) in [5, 5.41) is 8.62. The van der Waals surface area contributed by atoms with Crippen LogP contribution in [0.25, 0.3) is 0 Å². The molecule has 8 nitrogen and oxygen atoms in total. The maximum Gasteiger partial charge on any atom is 0.229 e. The van der Waals surface area contributed by atoms with Crippen LogP contribution in [-0.4, -0.2) is 57.0 Å². The highest BCUT2D eigenvalue weighted by Crippen LogP contribution is 2.26. The van der Waals surface area contributed by atoms with E-state index in [2.05, 4.69) is 22.2 Å². The minimum absolute atomic E-state index is 0.251. The molecule has 2 aromatic heterocycles. The van der Waals surface area contributed by atoms with E-state index in [1.54, 1.807) is 0 Å². The van der Waals surface area contributed by atoms with Gasteiger partial charge in [-0.2, -0.15) is 10.1 Å². The maximum absolute atomic E-state index is 12.7. The monoisotopic (exact) mass is 415 g/mol. The molecule has 0 aliphatic carbocycles. The highest BCUT2D eigenvalue weighted by molar-refractivity contribution is 5.76. The van der Waals surface area contributed by atoms with Crippen molar-refractivity contribution < 1.29 is 14.1 Å². The Morgan fingerprint density at radius 2 is 1.97 bits per heavy atom. The minimum Gasteiger partial charge on any atom is -0.381 e. The third-order valence-corrected chi connectivity index (χ3v) is 6.72. The van der Waals surface area contributed by atoms with Gasteiger partial charge in [-0.05, 0) is 57.4 Å². The molecule has 0 bridgehead atoms. The molecule has 0 aromatic carbocycles. The first-order valence-electron chi connectivity index (χ1n) is 11.2. The fourth-order valence-corrected chi connectivity index (χ4v) is 4.68. The summed E-state index contributed by atoms with van der Waals surface area (Å²) in [6.45, 7) is 7.33. The summed E-state index contributed by atoms with van der Waals surface area (Å²) in [7, 11) is 1.95. The van der Waals surface area contributed by atoms with Gasteiger partial charge >= 0.3 is 0 Å². The molecule has 2 aliphatic rings. The van der Waals surface area contributed by atoms with E-state index in [4.69, 9.17) is 9.26 Å². The Bertz CT molecular complexity index is 868. The van der Waals surface area contributed by atoms with Crippen LogP contribution < -0.4 is 0 Å². The number of carbonyl (C=O) groups excluding carboxylic acids is 1.